The third-order valence-electron chi connectivity index (χ3n) is 3.47. The molecule has 17 heavy (non-hydrogen) atoms. The number of benzene rings is 1. The third-order valence-corrected chi connectivity index (χ3v) is 3.47. The number of hydrogen-bond donors (Lipinski definition) is 0. The molecule has 1 aliphatic rings. The quantitative estimate of drug-likeness (QED) is 0.665. The number of methoxy groups -OCH3 is 1. The Morgan fingerprint density at radius 1 is 1.24 bits per heavy atom. The minimum absolute atomic E-state index is 0.997. The summed E-state index contributed by atoms with van der Waals surface area (Å²) in [5, 5.41) is 0. The molecule has 2 rings (SSSR count). The molecule has 3 nitrogen and oxygen atoms in total. The molecule has 1 aliphatic heterocycles. The fraction of sp³-hybridized carbons (Fsp3) is 0.538. The molecule has 0 spiro atoms. The van der Waals surface area contributed by atoms with E-state index in [2.05, 4.69) is 42.9 Å². The highest BCUT2D eigenvalue weighted by atomic mass is 16.5. The van der Waals surface area contributed by atoms with Gasteiger partial charge in [-0.1, -0.05) is 12.1 Å². The van der Waals surface area contributed by atoms with Crippen LogP contribution in [0.15, 0.2) is 18.2 Å². The zero-order valence-corrected chi connectivity index (χ0v) is 11.1. The second-order valence-corrected chi connectivity index (χ2v) is 4.88. The van der Waals surface area contributed by atoms with E-state index in [9.17, 15) is 0 Å². The van der Waals surface area contributed by atoms with Gasteiger partial charge in [0.2, 0.25) is 0 Å². The molecule has 0 aromatic heterocycles. The molecule has 1 aromatic rings. The van der Waals surface area contributed by atoms with E-state index in [4.69, 9.17) is 4.74 Å². The summed E-state index contributed by atoms with van der Waals surface area (Å²) in [5.74, 6) is 0.997. The van der Waals surface area contributed by atoms with Crippen molar-refractivity contribution in [3.05, 3.63) is 23.8 Å². The van der Waals surface area contributed by atoms with E-state index in [-0.39, 0.29) is 0 Å². The number of nitrogens with zero attached hydrogens (tertiary/aromatic N) is 2. The van der Waals surface area contributed by atoms with Crippen molar-refractivity contribution < 1.29 is 4.74 Å². The lowest BCUT2D eigenvalue weighted by Crippen LogP contribution is -2.43. The lowest BCUT2D eigenvalue weighted by atomic mass is 9.93. The average Bonchev–Trinajstić information content (AvgIpc) is 2.34. The highest BCUT2D eigenvalue weighted by molar-refractivity contribution is 6.34. The van der Waals surface area contributed by atoms with Crippen LogP contribution >= 0.6 is 0 Å². The molecule has 1 saturated heterocycles. The molecule has 0 N–H and O–H groups in total. The molecule has 1 fully saturated rings. The maximum atomic E-state index is 5.37. The molecule has 0 saturated carbocycles. The summed E-state index contributed by atoms with van der Waals surface area (Å²) >= 11 is 0. The van der Waals surface area contributed by atoms with Gasteiger partial charge in [0.05, 0.1) is 7.11 Å². The first-order valence-corrected chi connectivity index (χ1v) is 6.23. The van der Waals surface area contributed by atoms with Crippen LogP contribution in [0.5, 0.6) is 5.75 Å². The van der Waals surface area contributed by atoms with Crippen LogP contribution in [-0.2, 0) is 6.54 Å². The predicted molar refractivity (Wildman–Crippen MR) is 73.9 cm³/mol. The van der Waals surface area contributed by atoms with Gasteiger partial charge in [0.1, 0.15) is 13.6 Å². The Morgan fingerprint density at radius 2 is 1.94 bits per heavy atom. The molecule has 0 atom stereocenters. The van der Waals surface area contributed by atoms with Gasteiger partial charge < -0.3 is 9.64 Å². The van der Waals surface area contributed by atoms with E-state index in [1.54, 1.807) is 7.11 Å². The molecule has 92 valence electrons. The normalized spacial score (nSPS) is 18.2. The van der Waals surface area contributed by atoms with Crippen molar-refractivity contribution in [2.45, 2.75) is 6.54 Å². The van der Waals surface area contributed by atoms with E-state index in [0.717, 1.165) is 25.4 Å². The molecule has 1 aromatic carbocycles. The lowest BCUT2D eigenvalue weighted by Gasteiger charge is -2.32. The number of rotatable bonds is 3. The summed E-state index contributed by atoms with van der Waals surface area (Å²) in [6.07, 6.45) is 0. The van der Waals surface area contributed by atoms with Gasteiger partial charge in [0.15, 0.2) is 0 Å². The van der Waals surface area contributed by atoms with Crippen molar-refractivity contribution in [3.8, 4) is 5.75 Å². The largest absolute Gasteiger partial charge is 0.497 e. The molecule has 0 radical (unpaired) electrons. The second-order valence-electron chi connectivity index (χ2n) is 4.88. The molecule has 4 heteroatoms. The van der Waals surface area contributed by atoms with Crippen molar-refractivity contribution in [3.63, 3.8) is 0 Å². The van der Waals surface area contributed by atoms with Crippen molar-refractivity contribution >= 4 is 13.3 Å². The Kier molecular flexibility index (Phi) is 4.08. The molecule has 0 aliphatic carbocycles. The van der Waals surface area contributed by atoms with Gasteiger partial charge in [-0.05, 0) is 24.1 Å². The summed E-state index contributed by atoms with van der Waals surface area (Å²) in [7, 11) is 6.01. The van der Waals surface area contributed by atoms with Gasteiger partial charge in [-0.25, -0.2) is 0 Å². The molecule has 1 heterocycles. The minimum atomic E-state index is 0.997. The standard InChI is InChI=1S/C13H21BN2O/c1-15-5-7-16(8-6-15)10-11-3-4-12(14)13(9-11)17-2/h3-4,9H,5-8,10,14H2,1-2H3. The minimum Gasteiger partial charge on any atom is -0.497 e. The Balaban J connectivity index is 1.99. The Labute approximate surface area is 105 Å². The summed E-state index contributed by atoms with van der Waals surface area (Å²) in [5.41, 5.74) is 2.55. The third kappa shape index (κ3) is 3.24. The van der Waals surface area contributed by atoms with Gasteiger partial charge in [-0.3, -0.25) is 4.90 Å². The van der Waals surface area contributed by atoms with Crippen molar-refractivity contribution in [1.82, 2.24) is 9.80 Å². The van der Waals surface area contributed by atoms with E-state index in [1.807, 2.05) is 0 Å². The van der Waals surface area contributed by atoms with Crippen LogP contribution in [0.3, 0.4) is 0 Å². The van der Waals surface area contributed by atoms with Crippen molar-refractivity contribution in [1.29, 1.82) is 0 Å². The smallest absolute Gasteiger partial charge is 0.144 e. The Hall–Kier alpha value is -0.995. The van der Waals surface area contributed by atoms with Gasteiger partial charge in [-0.15, -0.1) is 0 Å². The zero-order valence-electron chi connectivity index (χ0n) is 11.1. The monoisotopic (exact) mass is 232 g/mol. The highest BCUT2D eigenvalue weighted by Crippen LogP contribution is 2.13. The van der Waals surface area contributed by atoms with Crippen LogP contribution in [0, 0.1) is 0 Å². The van der Waals surface area contributed by atoms with Gasteiger partial charge in [0, 0.05) is 32.7 Å². The number of likely N-dealkylation sites (N-methyl/N-ethyl adjacent to an activating group) is 1. The van der Waals surface area contributed by atoms with Crippen molar-refractivity contribution in [2.75, 3.05) is 40.3 Å². The van der Waals surface area contributed by atoms with Gasteiger partial charge in [0.25, 0.3) is 0 Å². The first-order chi connectivity index (χ1) is 8.19. The van der Waals surface area contributed by atoms with Crippen LogP contribution in [0.2, 0.25) is 0 Å². The first kappa shape index (κ1) is 12.5. The van der Waals surface area contributed by atoms with Crippen LogP contribution in [0.25, 0.3) is 0 Å². The van der Waals surface area contributed by atoms with Gasteiger partial charge in [-0.2, -0.15) is 0 Å². The Morgan fingerprint density at radius 3 is 2.59 bits per heavy atom. The maximum Gasteiger partial charge on any atom is 0.144 e. The molecular weight excluding hydrogens is 211 g/mol. The summed E-state index contributed by atoms with van der Waals surface area (Å²) in [6, 6.07) is 6.51. The molecule has 0 unspecified atom stereocenters. The van der Waals surface area contributed by atoms with Crippen LogP contribution < -0.4 is 10.2 Å². The van der Waals surface area contributed by atoms with E-state index < -0.39 is 0 Å². The Bertz CT molecular complexity index is 376. The average molecular weight is 232 g/mol. The van der Waals surface area contributed by atoms with E-state index in [0.29, 0.717) is 0 Å². The topological polar surface area (TPSA) is 15.7 Å². The predicted octanol–water partition coefficient (Wildman–Crippen LogP) is -0.299. The fourth-order valence-electron chi connectivity index (χ4n) is 2.23. The summed E-state index contributed by atoms with van der Waals surface area (Å²) < 4.78 is 5.37. The van der Waals surface area contributed by atoms with Crippen LogP contribution in [0.4, 0.5) is 0 Å². The zero-order chi connectivity index (χ0) is 12.3. The van der Waals surface area contributed by atoms with Gasteiger partial charge >= 0.3 is 0 Å². The maximum absolute atomic E-state index is 5.37. The lowest BCUT2D eigenvalue weighted by molar-refractivity contribution is 0.148. The summed E-state index contributed by atoms with van der Waals surface area (Å²) in [6.45, 7) is 5.69. The molecule has 0 amide bonds. The van der Waals surface area contributed by atoms with E-state index >= 15 is 0 Å². The number of ether oxygens (including phenoxy) is 1. The summed E-state index contributed by atoms with van der Waals surface area (Å²) in [4.78, 5) is 4.89. The number of hydrogen-bond acceptors (Lipinski definition) is 3. The van der Waals surface area contributed by atoms with Crippen LogP contribution in [0.1, 0.15) is 5.56 Å². The SMILES string of the molecule is Bc1ccc(CN2CCN(C)CC2)cc1OC. The first-order valence-electron chi connectivity index (χ1n) is 6.23. The molecule has 0 bridgehead atoms. The molecular formula is C13H21BN2O. The van der Waals surface area contributed by atoms with E-state index in [1.165, 1.54) is 24.1 Å². The van der Waals surface area contributed by atoms with Crippen LogP contribution in [-0.4, -0.2) is 58.0 Å². The second kappa shape index (κ2) is 5.56. The fourth-order valence-corrected chi connectivity index (χ4v) is 2.23. The highest BCUT2D eigenvalue weighted by Gasteiger charge is 2.14. The number of piperazine rings is 1. The van der Waals surface area contributed by atoms with Crippen molar-refractivity contribution in [2.24, 2.45) is 0 Å².